The Morgan fingerprint density at radius 2 is 1.92 bits per heavy atom. The number of hydrogen-bond donors (Lipinski definition) is 1. The summed E-state index contributed by atoms with van der Waals surface area (Å²) in [5.41, 5.74) is -0.443. The molecule has 1 N–H and O–H groups in total. The SMILES string of the molecule is CCN1C(=O)[C@@H]2[C@@H](c3ccc(Cl)cc3)N[C@@](C)(C(=O)OC)[C@@H]2C1=O. The first-order chi connectivity index (χ1) is 11.3. The van der Waals surface area contributed by atoms with Crippen LogP contribution >= 0.6 is 11.6 Å². The molecule has 0 aromatic heterocycles. The molecule has 2 aliphatic rings. The summed E-state index contributed by atoms with van der Waals surface area (Å²) in [7, 11) is 1.28. The van der Waals surface area contributed by atoms with Crippen LogP contribution in [-0.2, 0) is 19.1 Å². The number of nitrogens with one attached hydrogen (secondary N) is 1. The fourth-order valence-corrected chi connectivity index (χ4v) is 3.99. The lowest BCUT2D eigenvalue weighted by Crippen LogP contribution is -2.53. The Hall–Kier alpha value is -1.92. The molecule has 3 rings (SSSR count). The van der Waals surface area contributed by atoms with Crippen LogP contribution in [-0.4, -0.2) is 41.9 Å². The standard InChI is InChI=1S/C17H19ClN2O4/c1-4-20-14(21)11-12(15(20)22)17(2,16(23)24-3)19-13(11)9-5-7-10(18)8-6-9/h5-8,11-13,19H,4H2,1-3H3/t11-,12-,13+,17+/m0/s1. The van der Waals surface area contributed by atoms with Crippen LogP contribution in [0.1, 0.15) is 25.5 Å². The predicted molar refractivity (Wildman–Crippen MR) is 87.1 cm³/mol. The number of carbonyl (C=O) groups excluding carboxylic acids is 3. The largest absolute Gasteiger partial charge is 0.468 e. The molecule has 2 fully saturated rings. The molecule has 0 saturated carbocycles. The van der Waals surface area contributed by atoms with E-state index in [0.717, 1.165) is 5.56 Å². The highest BCUT2D eigenvalue weighted by Gasteiger charge is 2.66. The summed E-state index contributed by atoms with van der Waals surface area (Å²) in [6, 6.07) is 6.59. The van der Waals surface area contributed by atoms with Gasteiger partial charge in [0.1, 0.15) is 5.54 Å². The number of imide groups is 1. The van der Waals surface area contributed by atoms with E-state index in [-0.39, 0.29) is 18.4 Å². The van der Waals surface area contributed by atoms with Gasteiger partial charge < -0.3 is 4.74 Å². The second-order valence-corrected chi connectivity index (χ2v) is 6.73. The summed E-state index contributed by atoms with van der Waals surface area (Å²) in [4.78, 5) is 39.1. The molecule has 2 aliphatic heterocycles. The Bertz CT molecular complexity index is 705. The first-order valence-corrected chi connectivity index (χ1v) is 8.19. The van der Waals surface area contributed by atoms with Gasteiger partial charge in [0, 0.05) is 17.6 Å². The molecule has 1 aromatic carbocycles. The molecule has 0 unspecified atom stereocenters. The molecule has 0 spiro atoms. The highest BCUT2D eigenvalue weighted by Crippen LogP contribution is 2.48. The van der Waals surface area contributed by atoms with Gasteiger partial charge in [-0.15, -0.1) is 0 Å². The molecular weight excluding hydrogens is 332 g/mol. The van der Waals surface area contributed by atoms with Crippen LogP contribution in [0.5, 0.6) is 0 Å². The van der Waals surface area contributed by atoms with Gasteiger partial charge in [0.05, 0.1) is 18.9 Å². The van der Waals surface area contributed by atoms with E-state index in [1.165, 1.54) is 12.0 Å². The van der Waals surface area contributed by atoms with Gasteiger partial charge in [-0.3, -0.25) is 24.6 Å². The number of methoxy groups -OCH3 is 1. The van der Waals surface area contributed by atoms with Crippen LogP contribution in [0, 0.1) is 11.8 Å². The van der Waals surface area contributed by atoms with E-state index in [2.05, 4.69) is 5.32 Å². The zero-order valence-corrected chi connectivity index (χ0v) is 14.5. The topological polar surface area (TPSA) is 75.7 Å². The third-order valence-corrected chi connectivity index (χ3v) is 5.29. The normalized spacial score (nSPS) is 32.2. The van der Waals surface area contributed by atoms with E-state index in [9.17, 15) is 14.4 Å². The van der Waals surface area contributed by atoms with Gasteiger partial charge in [0.2, 0.25) is 11.8 Å². The number of carbonyl (C=O) groups is 3. The summed E-state index contributed by atoms with van der Waals surface area (Å²) in [6.45, 7) is 3.66. The van der Waals surface area contributed by atoms with Gasteiger partial charge in [-0.25, -0.2) is 0 Å². The number of amides is 2. The lowest BCUT2D eigenvalue weighted by molar-refractivity contribution is -0.153. The van der Waals surface area contributed by atoms with Crippen molar-refractivity contribution < 1.29 is 19.1 Å². The Labute approximate surface area is 145 Å². The quantitative estimate of drug-likeness (QED) is 0.661. The van der Waals surface area contributed by atoms with E-state index in [1.807, 2.05) is 0 Å². The van der Waals surface area contributed by atoms with E-state index in [1.54, 1.807) is 38.1 Å². The maximum Gasteiger partial charge on any atom is 0.326 e. The molecule has 0 bridgehead atoms. The number of nitrogens with zero attached hydrogens (tertiary/aromatic N) is 1. The fraction of sp³-hybridized carbons (Fsp3) is 0.471. The highest BCUT2D eigenvalue weighted by atomic mass is 35.5. The van der Waals surface area contributed by atoms with Crippen molar-refractivity contribution in [3.05, 3.63) is 34.9 Å². The molecule has 7 heteroatoms. The Morgan fingerprint density at radius 1 is 1.29 bits per heavy atom. The molecule has 2 heterocycles. The number of esters is 1. The second-order valence-electron chi connectivity index (χ2n) is 6.29. The Balaban J connectivity index is 2.09. The summed E-state index contributed by atoms with van der Waals surface area (Å²) >= 11 is 5.93. The van der Waals surface area contributed by atoms with Gasteiger partial charge in [-0.1, -0.05) is 23.7 Å². The van der Waals surface area contributed by atoms with Crippen LogP contribution in [0.15, 0.2) is 24.3 Å². The van der Waals surface area contributed by atoms with Crippen LogP contribution < -0.4 is 5.32 Å². The number of fused-ring (bicyclic) bond motifs is 1. The minimum atomic E-state index is -1.25. The number of ether oxygens (including phenoxy) is 1. The van der Waals surface area contributed by atoms with Crippen molar-refractivity contribution in [2.45, 2.75) is 25.4 Å². The van der Waals surface area contributed by atoms with Crippen molar-refractivity contribution in [1.29, 1.82) is 0 Å². The van der Waals surface area contributed by atoms with Crippen molar-refractivity contribution >= 4 is 29.4 Å². The van der Waals surface area contributed by atoms with Crippen LogP contribution in [0.2, 0.25) is 5.02 Å². The van der Waals surface area contributed by atoms with Gasteiger partial charge >= 0.3 is 5.97 Å². The summed E-state index contributed by atoms with van der Waals surface area (Å²) in [6.07, 6.45) is 0. The van der Waals surface area contributed by atoms with Crippen molar-refractivity contribution in [3.63, 3.8) is 0 Å². The molecular formula is C17H19ClN2O4. The zero-order valence-electron chi connectivity index (χ0n) is 13.7. The van der Waals surface area contributed by atoms with E-state index < -0.39 is 29.4 Å². The maximum absolute atomic E-state index is 12.8. The number of benzene rings is 1. The van der Waals surface area contributed by atoms with Crippen LogP contribution in [0.4, 0.5) is 0 Å². The molecule has 2 saturated heterocycles. The lowest BCUT2D eigenvalue weighted by Gasteiger charge is -2.28. The molecule has 0 radical (unpaired) electrons. The third-order valence-electron chi connectivity index (χ3n) is 5.03. The predicted octanol–water partition coefficient (Wildman–Crippen LogP) is 1.54. The fourth-order valence-electron chi connectivity index (χ4n) is 3.87. The minimum absolute atomic E-state index is 0.257. The van der Waals surface area contributed by atoms with E-state index in [4.69, 9.17) is 16.3 Å². The monoisotopic (exact) mass is 350 g/mol. The number of hydrogen-bond acceptors (Lipinski definition) is 5. The Morgan fingerprint density at radius 3 is 2.46 bits per heavy atom. The van der Waals surface area contributed by atoms with E-state index in [0.29, 0.717) is 5.02 Å². The number of halogens is 1. The molecule has 128 valence electrons. The maximum atomic E-state index is 12.8. The molecule has 4 atom stereocenters. The highest BCUT2D eigenvalue weighted by molar-refractivity contribution is 6.30. The second kappa shape index (κ2) is 5.86. The molecule has 2 amide bonds. The Kier molecular flexibility index (Phi) is 4.13. The zero-order chi connectivity index (χ0) is 17.6. The summed E-state index contributed by atoms with van der Waals surface area (Å²) in [5.74, 6) is -2.55. The molecule has 24 heavy (non-hydrogen) atoms. The van der Waals surface area contributed by atoms with E-state index >= 15 is 0 Å². The molecule has 0 aliphatic carbocycles. The van der Waals surface area contributed by atoms with Crippen molar-refractivity contribution in [2.24, 2.45) is 11.8 Å². The van der Waals surface area contributed by atoms with Gasteiger partial charge in [0.25, 0.3) is 0 Å². The number of likely N-dealkylation sites (tertiary alicyclic amines) is 1. The first-order valence-electron chi connectivity index (χ1n) is 7.82. The summed E-state index contributed by atoms with van der Waals surface area (Å²) < 4.78 is 4.90. The van der Waals surface area contributed by atoms with Gasteiger partial charge in [-0.2, -0.15) is 0 Å². The smallest absolute Gasteiger partial charge is 0.326 e. The molecule has 1 aromatic rings. The first kappa shape index (κ1) is 16.9. The average Bonchev–Trinajstić information content (AvgIpc) is 3.02. The summed E-state index contributed by atoms with van der Waals surface area (Å²) in [5, 5.41) is 3.75. The number of rotatable bonds is 3. The van der Waals surface area contributed by atoms with Crippen molar-refractivity contribution in [1.82, 2.24) is 10.2 Å². The van der Waals surface area contributed by atoms with Gasteiger partial charge in [0.15, 0.2) is 0 Å². The third kappa shape index (κ3) is 2.24. The van der Waals surface area contributed by atoms with Gasteiger partial charge in [-0.05, 0) is 31.5 Å². The van der Waals surface area contributed by atoms with Crippen molar-refractivity contribution in [2.75, 3.05) is 13.7 Å². The van der Waals surface area contributed by atoms with Crippen LogP contribution in [0.25, 0.3) is 0 Å². The van der Waals surface area contributed by atoms with Crippen LogP contribution in [0.3, 0.4) is 0 Å². The lowest BCUT2D eigenvalue weighted by atomic mass is 9.80. The van der Waals surface area contributed by atoms with Crippen molar-refractivity contribution in [3.8, 4) is 0 Å². The molecule has 6 nitrogen and oxygen atoms in total. The minimum Gasteiger partial charge on any atom is -0.468 e. The average molecular weight is 351 g/mol.